The normalized spacial score (nSPS) is 11.8. The van der Waals surface area contributed by atoms with Crippen molar-refractivity contribution < 1.29 is 0 Å². The Morgan fingerprint density at radius 2 is 0.443 bits per heavy atom. The molecule has 22 aromatic carbocycles. The number of thiophene rings is 3. The van der Waals surface area contributed by atoms with Crippen LogP contribution in [-0.4, -0.2) is 29.9 Å². The fourth-order valence-corrected chi connectivity index (χ4v) is 23.8. The highest BCUT2D eigenvalue weighted by Gasteiger charge is 2.22. The maximum atomic E-state index is 5.43. The molecule has 0 aliphatic heterocycles. The predicted octanol–water partition coefficient (Wildman–Crippen LogP) is 34.6. The summed E-state index contributed by atoms with van der Waals surface area (Å²) < 4.78 is 7.94. The molecule has 0 fully saturated rings. The summed E-state index contributed by atoms with van der Waals surface area (Å²) in [5.41, 5.74) is 23.6. The van der Waals surface area contributed by atoms with E-state index >= 15 is 0 Å². The van der Waals surface area contributed by atoms with Gasteiger partial charge in [0, 0.05) is 115 Å². The third kappa shape index (κ3) is 12.9. The number of aromatic nitrogens is 6. The molecule has 0 saturated heterocycles. The third-order valence-electron chi connectivity index (χ3n) is 26.3. The zero-order chi connectivity index (χ0) is 86.1. The van der Waals surface area contributed by atoms with Crippen molar-refractivity contribution in [1.29, 1.82) is 0 Å². The van der Waals surface area contributed by atoms with Crippen LogP contribution in [0.25, 0.3) is 269 Å². The van der Waals surface area contributed by atoms with Gasteiger partial charge in [-0.2, -0.15) is 0 Å². The van der Waals surface area contributed by atoms with Crippen LogP contribution in [0.5, 0.6) is 0 Å². The number of fused-ring (bicyclic) bond motifs is 29. The summed E-state index contributed by atoms with van der Waals surface area (Å²) in [6.45, 7) is 0. The molecule has 0 spiro atoms. The Morgan fingerprint density at radius 3 is 0.939 bits per heavy atom. The summed E-state index contributed by atoms with van der Waals surface area (Å²) >= 11 is 5.61. The standard InChI is InChI=1S/C46H28N2S.2C38H22N2S/c1-3-11-29(12-4-1)31-21-23-36-37-24-22-32(30-13-5-2-6-14-30)27-41(37)45-44(40(36)26-31)47-28-42(48-45)34-16-9-15-33(25-34)35-18-10-19-39-38-17-7-8-20-43(38)49-46(35)39;1-3-13-30-25(10-1)26-11-2-4-14-31(26)37-36(30)39-22-34(40-37)28-18-8-15-23-24(28)16-7-17-27(23)32-19-9-20-33-29-12-5-6-21-35(29)41-38(32)33;1-3-11-31-28(8-1)29-9-2-4-12-32(29)37-36(31)39-22-34(40-37)25-19-17-23-16-18-24(20-26(23)21-25)27-13-7-14-33-30-10-5-6-15-35(30)41-38(27)33/h1-28H;2*1-22H. The van der Waals surface area contributed by atoms with Gasteiger partial charge in [0.1, 0.15) is 0 Å². The predicted molar refractivity (Wildman–Crippen MR) is 561 cm³/mol. The highest BCUT2D eigenvalue weighted by atomic mass is 32.1. The number of hydrogen-bond acceptors (Lipinski definition) is 9. The van der Waals surface area contributed by atoms with E-state index in [0.717, 1.165) is 99.2 Å². The molecule has 0 N–H and O–H groups in total. The molecule has 6 heterocycles. The molecule has 0 radical (unpaired) electrons. The van der Waals surface area contributed by atoms with Gasteiger partial charge in [-0.3, -0.25) is 15.0 Å². The molecule has 6 nitrogen and oxygen atoms in total. The van der Waals surface area contributed by atoms with Crippen molar-refractivity contribution in [3.05, 3.63) is 437 Å². The quantitative estimate of drug-likeness (QED) is 0.141. The van der Waals surface area contributed by atoms with Crippen LogP contribution in [0.1, 0.15) is 0 Å². The summed E-state index contributed by atoms with van der Waals surface area (Å²) in [6.07, 6.45) is 5.81. The van der Waals surface area contributed by atoms with Crippen molar-refractivity contribution in [2.24, 2.45) is 0 Å². The fourth-order valence-electron chi connectivity index (χ4n) is 20.1. The summed E-state index contributed by atoms with van der Waals surface area (Å²) in [6, 6.07) is 150. The van der Waals surface area contributed by atoms with Crippen LogP contribution in [0.4, 0.5) is 0 Å². The fraction of sp³-hybridized carbons (Fsp3) is 0. The van der Waals surface area contributed by atoms with E-state index in [9.17, 15) is 0 Å². The van der Waals surface area contributed by atoms with E-state index in [2.05, 4.69) is 419 Å². The largest absolute Gasteiger partial charge is 0.252 e. The average Bonchev–Trinajstić information content (AvgIpc) is 1.74. The lowest BCUT2D eigenvalue weighted by molar-refractivity contribution is 1.31. The van der Waals surface area contributed by atoms with Gasteiger partial charge in [0.15, 0.2) is 0 Å². The maximum Gasteiger partial charge on any atom is 0.0979 e. The second-order valence-corrected chi connectivity index (χ2v) is 36.9. The average molecular weight is 1720 g/mol. The molecular weight excluding hydrogens is 1650 g/mol. The van der Waals surface area contributed by atoms with Crippen LogP contribution < -0.4 is 0 Å². The molecule has 28 rings (SSSR count). The molecule has 608 valence electrons. The van der Waals surface area contributed by atoms with E-state index in [1.165, 1.54) is 170 Å². The van der Waals surface area contributed by atoms with Crippen LogP contribution in [0, 0.1) is 0 Å². The third-order valence-corrected chi connectivity index (χ3v) is 30.0. The lowest BCUT2D eigenvalue weighted by Gasteiger charge is -2.14. The molecule has 131 heavy (non-hydrogen) atoms. The molecule has 0 unspecified atom stereocenters. The lowest BCUT2D eigenvalue weighted by Crippen LogP contribution is -1.93. The number of hydrogen-bond donors (Lipinski definition) is 0. The SMILES string of the molecule is c1ccc(-c2ccc3c4ccc(-c5ccccc5)cc4c4nc(-c5cccc(-c6cccc7c6sc6ccccc67)c5)cnc4c3c2)cc1.c1ccc2c(c1)sc1c(-c3ccc4ccc(-c5cnc6c7ccccc7c7ccccc7c6n5)cc4c3)cccc12.c1ccc2c(c1)sc1c(-c3cccc4c(-c5cnc6c7ccccc7c7ccccc7c6n5)cccc34)cccc12. The number of nitrogens with zero attached hydrogens (tertiary/aromatic N) is 6. The first-order chi connectivity index (χ1) is 64.9. The minimum atomic E-state index is 0.864. The second-order valence-electron chi connectivity index (χ2n) is 33.7. The summed E-state index contributed by atoms with van der Waals surface area (Å²) in [7, 11) is 0. The minimum absolute atomic E-state index is 0.864. The van der Waals surface area contributed by atoms with Crippen molar-refractivity contribution in [2.45, 2.75) is 0 Å². The van der Waals surface area contributed by atoms with E-state index in [1.807, 2.05) is 52.6 Å². The van der Waals surface area contributed by atoms with Gasteiger partial charge in [-0.15, -0.1) is 34.0 Å². The monoisotopic (exact) mass is 1720 g/mol. The van der Waals surface area contributed by atoms with Gasteiger partial charge in [0.25, 0.3) is 0 Å². The summed E-state index contributed by atoms with van der Waals surface area (Å²) in [4.78, 5) is 31.1. The topological polar surface area (TPSA) is 77.3 Å². The van der Waals surface area contributed by atoms with E-state index in [0.29, 0.717) is 0 Å². The van der Waals surface area contributed by atoms with Crippen LogP contribution in [0.2, 0.25) is 0 Å². The zero-order valence-electron chi connectivity index (χ0n) is 70.5. The van der Waals surface area contributed by atoms with Crippen LogP contribution in [0.15, 0.2) is 437 Å². The lowest BCUT2D eigenvalue weighted by atomic mass is 9.93. The first-order valence-electron chi connectivity index (χ1n) is 44.2. The van der Waals surface area contributed by atoms with Gasteiger partial charge in [0.2, 0.25) is 0 Å². The Kier molecular flexibility index (Phi) is 18.1. The van der Waals surface area contributed by atoms with Gasteiger partial charge < -0.3 is 0 Å². The Labute approximate surface area is 764 Å². The van der Waals surface area contributed by atoms with Crippen LogP contribution >= 0.6 is 34.0 Å². The highest BCUT2D eigenvalue weighted by Crippen LogP contribution is 2.48. The number of benzene rings is 22. The molecular formula is C122H72N6S3. The second kappa shape index (κ2) is 31.3. The van der Waals surface area contributed by atoms with Gasteiger partial charge in [0.05, 0.1) is 68.8 Å². The summed E-state index contributed by atoms with van der Waals surface area (Å²) in [5, 5.41) is 26.7. The van der Waals surface area contributed by atoms with Crippen molar-refractivity contribution in [1.82, 2.24) is 29.9 Å². The first-order valence-corrected chi connectivity index (χ1v) is 46.7. The van der Waals surface area contributed by atoms with E-state index in [1.54, 1.807) is 0 Å². The van der Waals surface area contributed by atoms with Crippen molar-refractivity contribution in [3.8, 4) is 89.4 Å². The Bertz CT molecular complexity index is 9520. The molecule has 0 bridgehead atoms. The molecule has 0 saturated carbocycles. The Hall–Kier alpha value is -16.4. The molecule has 0 aliphatic rings. The molecule has 28 aromatic rings. The van der Waals surface area contributed by atoms with Crippen LogP contribution in [0.3, 0.4) is 0 Å². The van der Waals surface area contributed by atoms with E-state index in [-0.39, 0.29) is 0 Å². The van der Waals surface area contributed by atoms with Gasteiger partial charge in [-0.25, -0.2) is 15.0 Å². The van der Waals surface area contributed by atoms with Crippen molar-refractivity contribution in [3.63, 3.8) is 0 Å². The van der Waals surface area contributed by atoms with Gasteiger partial charge >= 0.3 is 0 Å². The zero-order valence-corrected chi connectivity index (χ0v) is 72.9. The van der Waals surface area contributed by atoms with Crippen molar-refractivity contribution >= 4 is 214 Å². The Balaban J connectivity index is 0.000000104. The minimum Gasteiger partial charge on any atom is -0.252 e. The summed E-state index contributed by atoms with van der Waals surface area (Å²) in [5.74, 6) is 0. The Morgan fingerprint density at radius 1 is 0.145 bits per heavy atom. The molecule has 0 amide bonds. The molecule has 0 atom stereocenters. The van der Waals surface area contributed by atoms with E-state index in [4.69, 9.17) is 29.9 Å². The van der Waals surface area contributed by atoms with E-state index < -0.39 is 0 Å². The van der Waals surface area contributed by atoms with Crippen LogP contribution in [-0.2, 0) is 0 Å². The van der Waals surface area contributed by atoms with Gasteiger partial charge in [-0.1, -0.05) is 370 Å². The van der Waals surface area contributed by atoms with Crippen molar-refractivity contribution in [2.75, 3.05) is 0 Å². The molecule has 9 heteroatoms. The smallest absolute Gasteiger partial charge is 0.0979 e. The van der Waals surface area contributed by atoms with Gasteiger partial charge in [-0.05, 0) is 152 Å². The maximum absolute atomic E-state index is 5.43. The number of rotatable bonds is 8. The highest BCUT2D eigenvalue weighted by molar-refractivity contribution is 7.27. The first kappa shape index (κ1) is 75.9. The molecule has 6 aromatic heterocycles. The molecule has 0 aliphatic carbocycles.